The molecule has 0 spiro atoms. The summed E-state index contributed by atoms with van der Waals surface area (Å²) in [4.78, 5) is 0. The summed E-state index contributed by atoms with van der Waals surface area (Å²) < 4.78 is 0. The van der Waals surface area contributed by atoms with Crippen LogP contribution in [-0.2, 0) is 21.7 Å². The van der Waals surface area contributed by atoms with Gasteiger partial charge in [-0.15, -0.1) is 6.04 Å². The first kappa shape index (κ1) is 23.5. The van der Waals surface area contributed by atoms with Crippen LogP contribution in [-0.4, -0.2) is 13.1 Å². The summed E-state index contributed by atoms with van der Waals surface area (Å²) >= 11 is 0. The quantitative estimate of drug-likeness (QED) is 0.493. The minimum absolute atomic E-state index is 0. The van der Waals surface area contributed by atoms with Crippen LogP contribution in [0.1, 0.15) is 32.6 Å². The molecule has 1 unspecified atom stereocenters. The summed E-state index contributed by atoms with van der Waals surface area (Å²) in [7, 11) is 1.93. The molecule has 1 aliphatic carbocycles. The monoisotopic (exact) mass is 219 g/mol. The standard InChI is InChI=1S/C8H16N.3CH3.Ti/c1-7(9-2)8-5-3-4-6-8;;;;/h7-8H,3-6H2,1-2H3;3*1H3;/q4*-1;+4. The van der Waals surface area contributed by atoms with Gasteiger partial charge in [0, 0.05) is 0 Å². The second-order valence-corrected chi connectivity index (χ2v) is 3.04. The Morgan fingerprint density at radius 3 is 1.77 bits per heavy atom. The SMILES string of the molecule is C[N-]C(C)C1CCCC1.[CH3-].[CH3-].[CH3-].[Ti+4]. The van der Waals surface area contributed by atoms with Crippen LogP contribution in [0.2, 0.25) is 0 Å². The second kappa shape index (κ2) is 12.7. The van der Waals surface area contributed by atoms with Gasteiger partial charge in [0.1, 0.15) is 0 Å². The smallest absolute Gasteiger partial charge is 0.662 e. The zero-order valence-corrected chi connectivity index (χ0v) is 11.5. The molecule has 1 nitrogen and oxygen atoms in total. The number of rotatable bonds is 2. The maximum absolute atomic E-state index is 4.27. The molecule has 0 aliphatic heterocycles. The summed E-state index contributed by atoms with van der Waals surface area (Å²) in [5, 5.41) is 4.27. The molecule has 0 aromatic carbocycles. The van der Waals surface area contributed by atoms with Crippen molar-refractivity contribution >= 4 is 0 Å². The minimum atomic E-state index is 0. The Labute approximate surface area is 101 Å². The fourth-order valence-corrected chi connectivity index (χ4v) is 1.65. The van der Waals surface area contributed by atoms with E-state index in [0.717, 1.165) is 5.92 Å². The van der Waals surface area contributed by atoms with E-state index in [2.05, 4.69) is 12.2 Å². The molecule has 0 saturated heterocycles. The van der Waals surface area contributed by atoms with E-state index < -0.39 is 0 Å². The van der Waals surface area contributed by atoms with Gasteiger partial charge in [-0.2, -0.15) is 7.05 Å². The van der Waals surface area contributed by atoms with Crippen molar-refractivity contribution in [3.8, 4) is 0 Å². The van der Waals surface area contributed by atoms with Crippen molar-refractivity contribution in [3.05, 3.63) is 27.6 Å². The van der Waals surface area contributed by atoms with Gasteiger partial charge in [0.15, 0.2) is 0 Å². The summed E-state index contributed by atoms with van der Waals surface area (Å²) in [6, 6.07) is 0.618. The zero-order chi connectivity index (χ0) is 6.69. The van der Waals surface area contributed by atoms with E-state index in [1.54, 1.807) is 0 Å². The van der Waals surface area contributed by atoms with Crippen molar-refractivity contribution in [2.75, 3.05) is 7.05 Å². The average molecular weight is 219 g/mol. The summed E-state index contributed by atoms with van der Waals surface area (Å²) in [6.45, 7) is 2.23. The van der Waals surface area contributed by atoms with Crippen molar-refractivity contribution in [2.45, 2.75) is 38.6 Å². The Bertz CT molecular complexity index is 80.2. The normalized spacial score (nSPS) is 17.1. The van der Waals surface area contributed by atoms with E-state index in [9.17, 15) is 0 Å². The number of nitrogens with zero attached hydrogens (tertiary/aromatic N) is 1. The van der Waals surface area contributed by atoms with E-state index in [0.29, 0.717) is 6.04 Å². The molecule has 78 valence electrons. The molecule has 1 aliphatic rings. The molecular weight excluding hydrogens is 194 g/mol. The molecule has 0 aromatic heterocycles. The van der Waals surface area contributed by atoms with Crippen molar-refractivity contribution in [2.24, 2.45) is 5.92 Å². The van der Waals surface area contributed by atoms with Crippen LogP contribution < -0.4 is 0 Å². The predicted octanol–water partition coefficient (Wildman–Crippen LogP) is 3.92. The van der Waals surface area contributed by atoms with Crippen molar-refractivity contribution in [3.63, 3.8) is 0 Å². The van der Waals surface area contributed by atoms with Gasteiger partial charge in [-0.05, 0) is 0 Å². The molecule has 0 aromatic rings. The van der Waals surface area contributed by atoms with E-state index in [-0.39, 0.29) is 44.0 Å². The third kappa shape index (κ3) is 7.72. The molecule has 1 rings (SSSR count). The number of hydrogen-bond donors (Lipinski definition) is 0. The summed E-state index contributed by atoms with van der Waals surface area (Å²) in [5.41, 5.74) is 0. The number of hydrogen-bond acceptors (Lipinski definition) is 0. The third-order valence-electron chi connectivity index (χ3n) is 2.49. The van der Waals surface area contributed by atoms with Gasteiger partial charge in [-0.25, -0.2) is 0 Å². The van der Waals surface area contributed by atoms with Gasteiger partial charge < -0.3 is 27.6 Å². The Morgan fingerprint density at radius 2 is 1.46 bits per heavy atom. The van der Waals surface area contributed by atoms with E-state index in [1.165, 1.54) is 25.7 Å². The molecule has 0 amide bonds. The van der Waals surface area contributed by atoms with E-state index in [4.69, 9.17) is 0 Å². The van der Waals surface area contributed by atoms with Gasteiger partial charge in [0.05, 0.1) is 0 Å². The molecule has 0 heterocycles. The van der Waals surface area contributed by atoms with Crippen LogP contribution in [0.3, 0.4) is 0 Å². The van der Waals surface area contributed by atoms with Gasteiger partial charge in [-0.3, -0.25) is 0 Å². The van der Waals surface area contributed by atoms with E-state index in [1.807, 2.05) is 7.05 Å². The van der Waals surface area contributed by atoms with Gasteiger partial charge in [0.2, 0.25) is 0 Å². The molecule has 0 bridgehead atoms. The molecule has 1 atom stereocenters. The molecule has 0 N–H and O–H groups in total. The molecule has 0 radical (unpaired) electrons. The van der Waals surface area contributed by atoms with Crippen LogP contribution in [0.4, 0.5) is 0 Å². The van der Waals surface area contributed by atoms with Crippen LogP contribution in [0.5, 0.6) is 0 Å². The fourth-order valence-electron chi connectivity index (χ4n) is 1.65. The van der Waals surface area contributed by atoms with Gasteiger partial charge in [-0.1, -0.05) is 38.5 Å². The molecule has 1 saturated carbocycles. The largest absolute Gasteiger partial charge is 4.00 e. The predicted molar refractivity (Wildman–Crippen MR) is 59.9 cm³/mol. The Hall–Kier alpha value is 0.674. The first-order chi connectivity index (χ1) is 4.34. The first-order valence-electron chi connectivity index (χ1n) is 3.93. The molecule has 1 fully saturated rings. The summed E-state index contributed by atoms with van der Waals surface area (Å²) in [5.74, 6) is 0.912. The van der Waals surface area contributed by atoms with Crippen LogP contribution in [0, 0.1) is 28.2 Å². The van der Waals surface area contributed by atoms with Gasteiger partial charge in [0.25, 0.3) is 0 Å². The van der Waals surface area contributed by atoms with Crippen LogP contribution >= 0.6 is 0 Å². The fraction of sp³-hybridized carbons (Fsp3) is 0.727. The summed E-state index contributed by atoms with van der Waals surface area (Å²) in [6.07, 6.45) is 5.70. The average Bonchev–Trinajstić information content (AvgIpc) is 2.37. The van der Waals surface area contributed by atoms with Crippen LogP contribution in [0.25, 0.3) is 5.32 Å². The minimum Gasteiger partial charge on any atom is -0.662 e. The molecule has 13 heavy (non-hydrogen) atoms. The van der Waals surface area contributed by atoms with Crippen molar-refractivity contribution in [1.29, 1.82) is 0 Å². The van der Waals surface area contributed by atoms with Gasteiger partial charge >= 0.3 is 21.7 Å². The van der Waals surface area contributed by atoms with Crippen molar-refractivity contribution in [1.82, 2.24) is 0 Å². The van der Waals surface area contributed by atoms with Crippen molar-refractivity contribution < 1.29 is 21.7 Å². The van der Waals surface area contributed by atoms with E-state index >= 15 is 0 Å². The Kier molecular flexibility index (Phi) is 22.9. The van der Waals surface area contributed by atoms with Crippen LogP contribution in [0.15, 0.2) is 0 Å². The Morgan fingerprint density at radius 1 is 1.08 bits per heavy atom. The Balaban J connectivity index is -0.000000101. The maximum Gasteiger partial charge on any atom is 4.00 e. The second-order valence-electron chi connectivity index (χ2n) is 3.04. The third-order valence-corrected chi connectivity index (χ3v) is 2.49. The molecule has 2 heteroatoms. The zero-order valence-electron chi connectivity index (χ0n) is 9.93. The topological polar surface area (TPSA) is 14.1 Å². The first-order valence-corrected chi connectivity index (χ1v) is 3.93. The molecular formula is C11H25NTi. The maximum atomic E-state index is 4.27.